The van der Waals surface area contributed by atoms with Gasteiger partial charge in [-0.15, -0.1) is 0 Å². The second-order valence-electron chi connectivity index (χ2n) is 3.08. The molecule has 0 saturated carbocycles. The first-order valence-corrected chi connectivity index (χ1v) is 5.38. The Kier molecular flexibility index (Phi) is 5.06. The van der Waals surface area contributed by atoms with Crippen LogP contribution in [-0.4, -0.2) is 25.0 Å². The number of nitrogens with one attached hydrogen (secondary N) is 1. The minimum atomic E-state index is -0.626. The fraction of sp³-hybridized carbons (Fsp3) is 0.200. The van der Waals surface area contributed by atoms with Gasteiger partial charge in [0.1, 0.15) is 10.8 Å². The number of amides is 2. The Morgan fingerprint density at radius 3 is 2.71 bits per heavy atom. The van der Waals surface area contributed by atoms with Crippen LogP contribution in [0.1, 0.15) is 0 Å². The standard InChI is InChI=1S/C10H10Cl2N2O3/c11-6-2-1-3-7(10(6)12)17-5-9(16)14-4-8(13)15/h1-3H,4-5H2,(H2,13,15)(H,14,16). The van der Waals surface area contributed by atoms with Crippen molar-refractivity contribution in [1.29, 1.82) is 0 Å². The zero-order valence-electron chi connectivity index (χ0n) is 8.70. The molecule has 3 N–H and O–H groups in total. The van der Waals surface area contributed by atoms with Crippen LogP contribution < -0.4 is 15.8 Å². The molecule has 0 fully saturated rings. The van der Waals surface area contributed by atoms with Crippen molar-refractivity contribution >= 4 is 35.0 Å². The zero-order valence-corrected chi connectivity index (χ0v) is 10.2. The highest BCUT2D eigenvalue weighted by Gasteiger charge is 2.08. The van der Waals surface area contributed by atoms with Gasteiger partial charge in [-0.3, -0.25) is 9.59 Å². The SMILES string of the molecule is NC(=O)CNC(=O)COc1cccc(Cl)c1Cl. The molecule has 0 aliphatic carbocycles. The molecule has 0 aromatic heterocycles. The van der Waals surface area contributed by atoms with E-state index >= 15 is 0 Å². The molecule has 1 aromatic carbocycles. The van der Waals surface area contributed by atoms with Crippen LogP contribution in [0.3, 0.4) is 0 Å². The van der Waals surface area contributed by atoms with Crippen molar-refractivity contribution in [2.45, 2.75) is 0 Å². The second kappa shape index (κ2) is 6.32. The molecule has 0 bridgehead atoms. The van der Waals surface area contributed by atoms with Crippen LogP contribution in [0.15, 0.2) is 18.2 Å². The van der Waals surface area contributed by atoms with Gasteiger partial charge in [-0.2, -0.15) is 0 Å². The lowest BCUT2D eigenvalue weighted by atomic mass is 10.3. The van der Waals surface area contributed by atoms with E-state index in [-0.39, 0.29) is 18.2 Å². The molecule has 0 atom stereocenters. The predicted molar refractivity (Wildman–Crippen MR) is 64.2 cm³/mol. The second-order valence-corrected chi connectivity index (χ2v) is 3.87. The van der Waals surface area contributed by atoms with E-state index in [1.54, 1.807) is 18.2 Å². The van der Waals surface area contributed by atoms with Gasteiger partial charge in [0.05, 0.1) is 11.6 Å². The third-order valence-electron chi connectivity index (χ3n) is 1.73. The molecule has 0 aliphatic heterocycles. The van der Waals surface area contributed by atoms with E-state index in [0.717, 1.165) is 0 Å². The van der Waals surface area contributed by atoms with Crippen molar-refractivity contribution in [3.8, 4) is 5.75 Å². The Balaban J connectivity index is 2.47. The summed E-state index contributed by atoms with van der Waals surface area (Å²) in [5.74, 6) is -0.799. The molecule has 0 spiro atoms. The van der Waals surface area contributed by atoms with Crippen molar-refractivity contribution in [3.05, 3.63) is 28.2 Å². The highest BCUT2D eigenvalue weighted by molar-refractivity contribution is 6.42. The van der Waals surface area contributed by atoms with Crippen molar-refractivity contribution in [1.82, 2.24) is 5.32 Å². The van der Waals surface area contributed by atoms with E-state index in [0.29, 0.717) is 10.8 Å². The van der Waals surface area contributed by atoms with Crippen molar-refractivity contribution in [3.63, 3.8) is 0 Å². The summed E-state index contributed by atoms with van der Waals surface area (Å²) in [6.45, 7) is -0.501. The maximum absolute atomic E-state index is 11.2. The topological polar surface area (TPSA) is 81.4 Å². The molecule has 0 aliphatic rings. The maximum atomic E-state index is 11.2. The lowest BCUT2D eigenvalue weighted by Crippen LogP contribution is -2.36. The molecular formula is C10H10Cl2N2O3. The lowest BCUT2D eigenvalue weighted by molar-refractivity contribution is -0.126. The number of rotatable bonds is 5. The van der Waals surface area contributed by atoms with Gasteiger partial charge in [-0.1, -0.05) is 29.3 Å². The zero-order chi connectivity index (χ0) is 12.8. The van der Waals surface area contributed by atoms with Crippen LogP contribution in [0.4, 0.5) is 0 Å². The van der Waals surface area contributed by atoms with E-state index < -0.39 is 11.8 Å². The fourth-order valence-electron chi connectivity index (χ4n) is 0.976. The van der Waals surface area contributed by atoms with Crippen LogP contribution in [0.2, 0.25) is 10.0 Å². The summed E-state index contributed by atoms with van der Waals surface area (Å²) in [7, 11) is 0. The molecule has 1 aromatic rings. The number of carbonyl (C=O) groups excluding carboxylic acids is 2. The monoisotopic (exact) mass is 276 g/mol. The Morgan fingerprint density at radius 2 is 2.06 bits per heavy atom. The molecule has 7 heteroatoms. The van der Waals surface area contributed by atoms with E-state index in [1.165, 1.54) is 0 Å². The van der Waals surface area contributed by atoms with E-state index in [9.17, 15) is 9.59 Å². The first kappa shape index (κ1) is 13.6. The number of benzene rings is 1. The molecule has 17 heavy (non-hydrogen) atoms. The largest absolute Gasteiger partial charge is 0.482 e. The molecule has 0 heterocycles. The van der Waals surface area contributed by atoms with Gasteiger partial charge in [-0.25, -0.2) is 0 Å². The molecule has 0 saturated heterocycles. The Bertz CT molecular complexity index is 438. The molecule has 5 nitrogen and oxygen atoms in total. The number of carbonyl (C=O) groups is 2. The van der Waals surface area contributed by atoms with Crippen LogP contribution in [0.5, 0.6) is 5.75 Å². The summed E-state index contributed by atoms with van der Waals surface area (Å²) in [4.78, 5) is 21.6. The van der Waals surface area contributed by atoms with Crippen molar-refractivity contribution in [2.24, 2.45) is 5.73 Å². The predicted octanol–water partition coefficient (Wildman–Crippen LogP) is 0.974. The molecule has 1 rings (SSSR count). The number of hydrogen-bond acceptors (Lipinski definition) is 3. The van der Waals surface area contributed by atoms with Gasteiger partial charge in [0, 0.05) is 0 Å². The summed E-state index contributed by atoms with van der Waals surface area (Å²) in [5.41, 5.74) is 4.86. The number of nitrogens with two attached hydrogens (primary N) is 1. The molecular weight excluding hydrogens is 267 g/mol. The highest BCUT2D eigenvalue weighted by atomic mass is 35.5. The number of ether oxygens (including phenoxy) is 1. The minimum Gasteiger partial charge on any atom is -0.482 e. The Morgan fingerprint density at radius 1 is 1.35 bits per heavy atom. The Labute approximate surface area is 108 Å². The molecule has 0 unspecified atom stereocenters. The van der Waals surface area contributed by atoms with Gasteiger partial charge in [0.25, 0.3) is 5.91 Å². The first-order chi connectivity index (χ1) is 8.00. The van der Waals surface area contributed by atoms with Gasteiger partial charge < -0.3 is 15.8 Å². The summed E-state index contributed by atoms with van der Waals surface area (Å²) < 4.78 is 5.13. The van der Waals surface area contributed by atoms with E-state index in [4.69, 9.17) is 33.7 Å². The highest BCUT2D eigenvalue weighted by Crippen LogP contribution is 2.31. The first-order valence-electron chi connectivity index (χ1n) is 4.62. The number of hydrogen-bond donors (Lipinski definition) is 2. The quantitative estimate of drug-likeness (QED) is 0.841. The summed E-state index contributed by atoms with van der Waals surface area (Å²) in [6, 6.07) is 4.82. The molecule has 2 amide bonds. The Hall–Kier alpha value is -1.46. The van der Waals surface area contributed by atoms with Crippen LogP contribution in [0, 0.1) is 0 Å². The van der Waals surface area contributed by atoms with Crippen LogP contribution in [-0.2, 0) is 9.59 Å². The van der Waals surface area contributed by atoms with Crippen LogP contribution >= 0.6 is 23.2 Å². The van der Waals surface area contributed by atoms with Gasteiger partial charge in [0.2, 0.25) is 5.91 Å². The summed E-state index contributed by atoms with van der Waals surface area (Å²) in [6.07, 6.45) is 0. The number of primary amides is 1. The van der Waals surface area contributed by atoms with Crippen LogP contribution in [0.25, 0.3) is 0 Å². The maximum Gasteiger partial charge on any atom is 0.258 e. The van der Waals surface area contributed by atoms with Gasteiger partial charge >= 0.3 is 0 Å². The smallest absolute Gasteiger partial charge is 0.258 e. The third-order valence-corrected chi connectivity index (χ3v) is 2.54. The summed E-state index contributed by atoms with van der Waals surface area (Å²) in [5, 5.41) is 2.84. The van der Waals surface area contributed by atoms with Crippen molar-refractivity contribution < 1.29 is 14.3 Å². The molecule has 0 radical (unpaired) electrons. The average molecular weight is 277 g/mol. The van der Waals surface area contributed by atoms with Gasteiger partial charge in [-0.05, 0) is 12.1 Å². The van der Waals surface area contributed by atoms with E-state index in [2.05, 4.69) is 5.32 Å². The van der Waals surface area contributed by atoms with E-state index in [1.807, 2.05) is 0 Å². The van der Waals surface area contributed by atoms with Gasteiger partial charge in [0.15, 0.2) is 6.61 Å². The molecule has 92 valence electrons. The third kappa shape index (κ3) is 4.50. The fourth-order valence-corrected chi connectivity index (χ4v) is 1.32. The minimum absolute atomic E-state index is 0.231. The summed E-state index contributed by atoms with van der Waals surface area (Å²) >= 11 is 11.6. The normalized spacial score (nSPS) is 9.76. The average Bonchev–Trinajstić information content (AvgIpc) is 2.28. The number of halogens is 2. The lowest BCUT2D eigenvalue weighted by Gasteiger charge is -2.08. The van der Waals surface area contributed by atoms with Crippen molar-refractivity contribution in [2.75, 3.05) is 13.2 Å².